The first kappa shape index (κ1) is 16.1. The summed E-state index contributed by atoms with van der Waals surface area (Å²) in [7, 11) is 0. The van der Waals surface area contributed by atoms with Gasteiger partial charge in [0, 0.05) is 37.3 Å². The van der Waals surface area contributed by atoms with Crippen molar-refractivity contribution in [3.8, 4) is 0 Å². The van der Waals surface area contributed by atoms with Gasteiger partial charge in [0.1, 0.15) is 0 Å². The molecule has 0 saturated carbocycles. The summed E-state index contributed by atoms with van der Waals surface area (Å²) in [6.45, 7) is 7.88. The van der Waals surface area contributed by atoms with Crippen LogP contribution in [0.5, 0.6) is 0 Å². The topological polar surface area (TPSA) is 25.4 Å². The Morgan fingerprint density at radius 3 is 2.76 bits per heavy atom. The van der Waals surface area contributed by atoms with Crippen LogP contribution in [0.4, 0.5) is 0 Å². The van der Waals surface area contributed by atoms with Crippen LogP contribution in [-0.2, 0) is 17.8 Å². The number of pyridine rings is 1. The van der Waals surface area contributed by atoms with Crippen LogP contribution in [0.15, 0.2) is 41.9 Å². The number of hydrogen-bond donors (Lipinski definition) is 0. The predicted octanol–water partition coefficient (Wildman–Crippen LogP) is 3.96. The normalized spacial score (nSPS) is 11.4. The van der Waals surface area contributed by atoms with Crippen LogP contribution < -0.4 is 0 Å². The van der Waals surface area contributed by atoms with E-state index in [2.05, 4.69) is 47.3 Å². The van der Waals surface area contributed by atoms with Crippen molar-refractivity contribution in [2.24, 2.45) is 0 Å². The van der Waals surface area contributed by atoms with Crippen LogP contribution in [0, 0.1) is 0 Å². The molecule has 0 aliphatic carbocycles. The summed E-state index contributed by atoms with van der Waals surface area (Å²) in [5.74, 6) is 0. The van der Waals surface area contributed by atoms with E-state index in [9.17, 15) is 0 Å². The molecule has 0 aliphatic heterocycles. The molecule has 21 heavy (non-hydrogen) atoms. The van der Waals surface area contributed by atoms with Gasteiger partial charge in [-0.25, -0.2) is 0 Å². The summed E-state index contributed by atoms with van der Waals surface area (Å²) in [4.78, 5) is 8.28. The van der Waals surface area contributed by atoms with Crippen molar-refractivity contribution in [3.63, 3.8) is 0 Å². The molecule has 0 fully saturated rings. The molecule has 4 heteroatoms. The van der Waals surface area contributed by atoms with Gasteiger partial charge in [-0.3, -0.25) is 9.88 Å². The molecule has 2 aromatic heterocycles. The van der Waals surface area contributed by atoms with E-state index in [1.165, 1.54) is 4.88 Å². The first-order valence-electron chi connectivity index (χ1n) is 7.50. The Hall–Kier alpha value is -1.23. The maximum Gasteiger partial charge on any atom is 0.0544 e. The van der Waals surface area contributed by atoms with Gasteiger partial charge < -0.3 is 4.74 Å². The number of nitrogens with zero attached hydrogens (tertiary/aromatic N) is 2. The van der Waals surface area contributed by atoms with E-state index in [4.69, 9.17) is 4.74 Å². The van der Waals surface area contributed by atoms with Gasteiger partial charge in [-0.2, -0.15) is 0 Å². The third-order valence-corrected chi connectivity index (χ3v) is 4.00. The van der Waals surface area contributed by atoms with Gasteiger partial charge in [0.05, 0.1) is 11.8 Å². The molecule has 114 valence electrons. The molecule has 0 atom stereocenters. The van der Waals surface area contributed by atoms with Gasteiger partial charge in [0.15, 0.2) is 0 Å². The maximum atomic E-state index is 5.64. The van der Waals surface area contributed by atoms with Crippen molar-refractivity contribution in [1.82, 2.24) is 9.88 Å². The highest BCUT2D eigenvalue weighted by Gasteiger charge is 2.08. The summed E-state index contributed by atoms with van der Waals surface area (Å²) in [5.41, 5.74) is 1.12. The van der Waals surface area contributed by atoms with Crippen LogP contribution in [0.3, 0.4) is 0 Å². The van der Waals surface area contributed by atoms with Crippen LogP contribution >= 0.6 is 11.3 Å². The second-order valence-corrected chi connectivity index (χ2v) is 6.42. The second kappa shape index (κ2) is 8.93. The lowest BCUT2D eigenvalue weighted by Gasteiger charge is -2.21. The van der Waals surface area contributed by atoms with Crippen molar-refractivity contribution in [1.29, 1.82) is 0 Å². The molecule has 0 amide bonds. The first-order valence-corrected chi connectivity index (χ1v) is 8.38. The molecule has 0 aliphatic rings. The molecule has 0 bridgehead atoms. The van der Waals surface area contributed by atoms with Gasteiger partial charge in [-0.15, -0.1) is 11.3 Å². The van der Waals surface area contributed by atoms with Crippen molar-refractivity contribution in [3.05, 3.63) is 52.5 Å². The molecule has 2 rings (SSSR count). The third-order valence-electron chi connectivity index (χ3n) is 3.14. The fourth-order valence-electron chi connectivity index (χ4n) is 2.16. The van der Waals surface area contributed by atoms with Gasteiger partial charge in [0.25, 0.3) is 0 Å². The van der Waals surface area contributed by atoms with E-state index < -0.39 is 0 Å². The molecule has 0 radical (unpaired) electrons. The van der Waals surface area contributed by atoms with Crippen LogP contribution in [0.2, 0.25) is 0 Å². The van der Waals surface area contributed by atoms with E-state index in [0.29, 0.717) is 6.10 Å². The van der Waals surface area contributed by atoms with Crippen molar-refractivity contribution < 1.29 is 4.74 Å². The molecule has 0 saturated heterocycles. The van der Waals surface area contributed by atoms with Crippen LogP contribution in [-0.4, -0.2) is 29.1 Å². The molecule has 0 aromatic carbocycles. The summed E-state index contributed by atoms with van der Waals surface area (Å²) < 4.78 is 5.64. The zero-order valence-corrected chi connectivity index (χ0v) is 13.7. The molecule has 0 unspecified atom stereocenters. The predicted molar refractivity (Wildman–Crippen MR) is 88.4 cm³/mol. The average molecular weight is 304 g/mol. The second-order valence-electron chi connectivity index (χ2n) is 5.38. The molecule has 0 spiro atoms. The number of thiophene rings is 1. The maximum absolute atomic E-state index is 5.64. The summed E-state index contributed by atoms with van der Waals surface area (Å²) in [6, 6.07) is 10.4. The molecule has 2 aromatic rings. The zero-order chi connectivity index (χ0) is 14.9. The Bertz CT molecular complexity index is 485. The summed E-state index contributed by atoms with van der Waals surface area (Å²) >= 11 is 1.81. The highest BCUT2D eigenvalue weighted by molar-refractivity contribution is 7.09. The van der Waals surface area contributed by atoms with Crippen molar-refractivity contribution in [2.45, 2.75) is 39.5 Å². The highest BCUT2D eigenvalue weighted by atomic mass is 32.1. The first-order chi connectivity index (χ1) is 10.2. The molecule has 3 nitrogen and oxygen atoms in total. The van der Waals surface area contributed by atoms with E-state index in [0.717, 1.165) is 38.4 Å². The van der Waals surface area contributed by atoms with E-state index in [1.54, 1.807) is 0 Å². The van der Waals surface area contributed by atoms with Crippen LogP contribution in [0.1, 0.15) is 30.8 Å². The Kier molecular flexibility index (Phi) is 6.86. The lowest BCUT2D eigenvalue weighted by molar-refractivity contribution is 0.0692. The fraction of sp³-hybridized carbons (Fsp3) is 0.471. The van der Waals surface area contributed by atoms with Gasteiger partial charge >= 0.3 is 0 Å². The largest absolute Gasteiger partial charge is 0.379 e. The standard InChI is InChI=1S/C17H24N2OS/c1-15(2)20-11-6-10-19(14-17-8-5-12-21-17)13-16-7-3-4-9-18-16/h3-5,7-9,12,15H,6,10-11,13-14H2,1-2H3. The lowest BCUT2D eigenvalue weighted by atomic mass is 10.3. The lowest BCUT2D eigenvalue weighted by Crippen LogP contribution is -2.25. The number of rotatable bonds is 9. The summed E-state index contributed by atoms with van der Waals surface area (Å²) in [5, 5.41) is 2.14. The zero-order valence-electron chi connectivity index (χ0n) is 12.9. The van der Waals surface area contributed by atoms with Gasteiger partial charge in [-0.05, 0) is 43.8 Å². The van der Waals surface area contributed by atoms with Crippen LogP contribution in [0.25, 0.3) is 0 Å². The number of ether oxygens (including phenoxy) is 1. The minimum atomic E-state index is 0.312. The quantitative estimate of drug-likeness (QED) is 0.656. The molecule has 2 heterocycles. The SMILES string of the molecule is CC(C)OCCCN(Cc1ccccn1)Cc1cccs1. The third kappa shape index (κ3) is 6.38. The fourth-order valence-corrected chi connectivity index (χ4v) is 2.91. The van der Waals surface area contributed by atoms with Gasteiger partial charge in [0.2, 0.25) is 0 Å². The molecule has 0 N–H and O–H groups in total. The highest BCUT2D eigenvalue weighted by Crippen LogP contribution is 2.14. The smallest absolute Gasteiger partial charge is 0.0544 e. The van der Waals surface area contributed by atoms with E-state index >= 15 is 0 Å². The molecular formula is C17H24N2OS. The Morgan fingerprint density at radius 2 is 2.10 bits per heavy atom. The minimum absolute atomic E-state index is 0.312. The number of aromatic nitrogens is 1. The minimum Gasteiger partial charge on any atom is -0.379 e. The molecular weight excluding hydrogens is 280 g/mol. The van der Waals surface area contributed by atoms with Gasteiger partial charge in [-0.1, -0.05) is 12.1 Å². The van der Waals surface area contributed by atoms with Crippen molar-refractivity contribution >= 4 is 11.3 Å². The summed E-state index contributed by atoms with van der Waals surface area (Å²) in [6.07, 6.45) is 3.23. The van der Waals surface area contributed by atoms with Crippen molar-refractivity contribution in [2.75, 3.05) is 13.2 Å². The Morgan fingerprint density at radius 1 is 1.19 bits per heavy atom. The van der Waals surface area contributed by atoms with E-state index in [1.807, 2.05) is 29.7 Å². The average Bonchev–Trinajstić information content (AvgIpc) is 2.97. The Balaban J connectivity index is 1.87. The Labute approximate surface area is 131 Å². The number of hydrogen-bond acceptors (Lipinski definition) is 4. The monoisotopic (exact) mass is 304 g/mol. The van der Waals surface area contributed by atoms with E-state index in [-0.39, 0.29) is 0 Å².